The van der Waals surface area contributed by atoms with Gasteiger partial charge in [-0.1, -0.05) is 262 Å². The minimum atomic E-state index is -0.848. The monoisotopic (exact) mass is 968 g/mol. The number of aliphatic hydroxyl groups is 2. The fraction of sp³-hybridized carbons (Fsp3) is 0.841. The summed E-state index contributed by atoms with van der Waals surface area (Å²) in [6.07, 6.45) is 74.3. The molecule has 6 heteroatoms. The van der Waals surface area contributed by atoms with Crippen LogP contribution in [0, 0.1) is 0 Å². The number of amides is 1. The van der Waals surface area contributed by atoms with Crippen LogP contribution in [0.5, 0.6) is 0 Å². The fourth-order valence-electron chi connectivity index (χ4n) is 9.13. The van der Waals surface area contributed by atoms with Crippen molar-refractivity contribution in [1.82, 2.24) is 5.32 Å². The Bertz CT molecular complexity index is 1160. The Hall–Kier alpha value is -2.18. The zero-order chi connectivity index (χ0) is 50.0. The maximum Gasteiger partial charge on any atom is 0.305 e. The van der Waals surface area contributed by atoms with Crippen molar-refractivity contribution in [2.75, 3.05) is 13.2 Å². The maximum absolute atomic E-state index is 12.4. The van der Waals surface area contributed by atoms with Gasteiger partial charge in [-0.2, -0.15) is 0 Å². The van der Waals surface area contributed by atoms with Gasteiger partial charge >= 0.3 is 5.97 Å². The lowest BCUT2D eigenvalue weighted by Gasteiger charge is -2.20. The van der Waals surface area contributed by atoms with E-state index in [-0.39, 0.29) is 18.5 Å². The SMILES string of the molecule is CCCCCC/C=C\CCCCCCCC(=O)OCCCCCCCCCCC/C=C\C/C=C\CCCCCCCCCCCC(=O)NC(CO)C(O)/C=C/CCCCCCCCCCCCCC. The van der Waals surface area contributed by atoms with Crippen LogP contribution in [0.4, 0.5) is 0 Å². The third-order valence-corrected chi connectivity index (χ3v) is 13.8. The van der Waals surface area contributed by atoms with Crippen LogP contribution in [0.25, 0.3) is 0 Å². The summed E-state index contributed by atoms with van der Waals surface area (Å²) in [4.78, 5) is 24.5. The zero-order valence-electron chi connectivity index (χ0n) is 46.0. The maximum atomic E-state index is 12.4. The van der Waals surface area contributed by atoms with Gasteiger partial charge in [-0.15, -0.1) is 0 Å². The van der Waals surface area contributed by atoms with Crippen molar-refractivity contribution in [1.29, 1.82) is 0 Å². The first kappa shape index (κ1) is 66.8. The summed E-state index contributed by atoms with van der Waals surface area (Å²) in [5, 5.41) is 23.1. The number of carbonyl (C=O) groups is 2. The van der Waals surface area contributed by atoms with Crippen LogP contribution < -0.4 is 5.32 Å². The smallest absolute Gasteiger partial charge is 0.305 e. The van der Waals surface area contributed by atoms with Crippen molar-refractivity contribution in [3.05, 3.63) is 48.6 Å². The molecule has 2 unspecified atom stereocenters. The Labute approximate surface area is 429 Å². The number of hydrogen-bond acceptors (Lipinski definition) is 5. The predicted octanol–water partition coefficient (Wildman–Crippen LogP) is 19.0. The van der Waals surface area contributed by atoms with Gasteiger partial charge in [0.15, 0.2) is 0 Å². The normalized spacial score (nSPS) is 12.9. The van der Waals surface area contributed by atoms with Gasteiger partial charge in [-0.05, 0) is 89.9 Å². The molecule has 0 aromatic carbocycles. The van der Waals surface area contributed by atoms with Crippen molar-refractivity contribution in [2.45, 2.75) is 328 Å². The largest absolute Gasteiger partial charge is 0.466 e. The molecule has 2 atom stereocenters. The third kappa shape index (κ3) is 55.0. The van der Waals surface area contributed by atoms with E-state index in [1.807, 2.05) is 6.08 Å². The number of carbonyl (C=O) groups excluding carboxylic acids is 2. The van der Waals surface area contributed by atoms with Crippen LogP contribution in [-0.2, 0) is 14.3 Å². The van der Waals surface area contributed by atoms with Crippen LogP contribution in [0.2, 0.25) is 0 Å². The Morgan fingerprint density at radius 2 is 0.725 bits per heavy atom. The first-order valence-electron chi connectivity index (χ1n) is 30.4. The highest BCUT2D eigenvalue weighted by Crippen LogP contribution is 2.16. The molecule has 404 valence electrons. The summed E-state index contributed by atoms with van der Waals surface area (Å²) < 4.78 is 5.47. The van der Waals surface area contributed by atoms with Crippen LogP contribution in [0.3, 0.4) is 0 Å². The van der Waals surface area contributed by atoms with Gasteiger partial charge in [0.25, 0.3) is 0 Å². The number of aliphatic hydroxyl groups excluding tert-OH is 2. The second-order valence-corrected chi connectivity index (χ2v) is 20.7. The highest BCUT2D eigenvalue weighted by atomic mass is 16.5. The van der Waals surface area contributed by atoms with E-state index in [1.54, 1.807) is 6.08 Å². The number of esters is 1. The number of hydrogen-bond donors (Lipinski definition) is 3. The lowest BCUT2D eigenvalue weighted by Crippen LogP contribution is -2.45. The molecule has 0 aromatic heterocycles. The molecule has 3 N–H and O–H groups in total. The number of nitrogens with one attached hydrogen (secondary N) is 1. The molecule has 0 rings (SSSR count). The molecule has 0 saturated heterocycles. The first-order valence-corrected chi connectivity index (χ1v) is 30.4. The summed E-state index contributed by atoms with van der Waals surface area (Å²) in [7, 11) is 0. The Balaban J connectivity index is 3.46. The summed E-state index contributed by atoms with van der Waals surface area (Å²) >= 11 is 0. The van der Waals surface area contributed by atoms with E-state index in [0.717, 1.165) is 51.4 Å². The summed E-state index contributed by atoms with van der Waals surface area (Å²) in [5.74, 6) is -0.0753. The molecule has 0 spiro atoms. The molecular weight excluding hydrogens is 851 g/mol. The van der Waals surface area contributed by atoms with Crippen LogP contribution in [0.15, 0.2) is 48.6 Å². The van der Waals surface area contributed by atoms with E-state index in [1.165, 1.54) is 238 Å². The highest BCUT2D eigenvalue weighted by molar-refractivity contribution is 5.76. The molecule has 6 nitrogen and oxygen atoms in total. The summed E-state index contributed by atoms with van der Waals surface area (Å²) in [5.41, 5.74) is 0. The lowest BCUT2D eigenvalue weighted by molar-refractivity contribution is -0.143. The molecule has 0 radical (unpaired) electrons. The summed E-state index contributed by atoms with van der Waals surface area (Å²) in [6, 6.07) is -0.633. The first-order chi connectivity index (χ1) is 34.0. The van der Waals surface area contributed by atoms with E-state index in [0.29, 0.717) is 19.4 Å². The van der Waals surface area contributed by atoms with E-state index >= 15 is 0 Å². The van der Waals surface area contributed by atoms with Crippen molar-refractivity contribution >= 4 is 11.9 Å². The Morgan fingerprint density at radius 3 is 1.13 bits per heavy atom. The summed E-state index contributed by atoms with van der Waals surface area (Å²) in [6.45, 7) is 4.88. The fourth-order valence-corrected chi connectivity index (χ4v) is 9.13. The standard InChI is InChI=1S/C63H117NO5/c1-3-5-7-9-11-13-15-17-32-35-39-43-47-51-55-61(66)60(59-65)64-62(67)56-52-48-44-40-36-33-29-27-25-23-21-19-18-20-22-24-26-28-30-34-38-42-46-50-54-58-69-63(68)57-53-49-45-41-37-31-16-14-12-10-8-6-4-2/h14,16,19-22,51,55,60-61,65-66H,3-13,15,17-18,23-50,52-54,56-59H2,1-2H3,(H,64,67)/b16-14-,21-19-,22-20-,55-51+. The molecule has 0 heterocycles. The average molecular weight is 969 g/mol. The second-order valence-electron chi connectivity index (χ2n) is 20.7. The zero-order valence-corrected chi connectivity index (χ0v) is 46.0. The topological polar surface area (TPSA) is 95.9 Å². The lowest BCUT2D eigenvalue weighted by atomic mass is 10.0. The van der Waals surface area contributed by atoms with E-state index < -0.39 is 12.1 Å². The van der Waals surface area contributed by atoms with E-state index in [2.05, 4.69) is 55.6 Å². The van der Waals surface area contributed by atoms with Gasteiger partial charge in [0, 0.05) is 12.8 Å². The van der Waals surface area contributed by atoms with Crippen molar-refractivity contribution in [3.63, 3.8) is 0 Å². The molecule has 0 aromatic rings. The van der Waals surface area contributed by atoms with Crippen molar-refractivity contribution < 1.29 is 24.5 Å². The number of ether oxygens (including phenoxy) is 1. The molecule has 1 amide bonds. The second kappa shape index (κ2) is 58.4. The van der Waals surface area contributed by atoms with Gasteiger partial charge in [0.05, 0.1) is 25.4 Å². The minimum absolute atomic E-state index is 0.00118. The van der Waals surface area contributed by atoms with Gasteiger partial charge < -0.3 is 20.3 Å². The van der Waals surface area contributed by atoms with E-state index in [4.69, 9.17) is 4.74 Å². The molecular formula is C63H117NO5. The van der Waals surface area contributed by atoms with Crippen LogP contribution >= 0.6 is 0 Å². The molecule has 0 bridgehead atoms. The van der Waals surface area contributed by atoms with Crippen molar-refractivity contribution in [2.24, 2.45) is 0 Å². The van der Waals surface area contributed by atoms with Crippen LogP contribution in [-0.4, -0.2) is 47.4 Å². The molecule has 0 aliphatic carbocycles. The van der Waals surface area contributed by atoms with Gasteiger partial charge in [-0.25, -0.2) is 0 Å². The average Bonchev–Trinajstić information content (AvgIpc) is 3.35. The molecule has 0 fully saturated rings. The molecule has 0 aliphatic rings. The van der Waals surface area contributed by atoms with Gasteiger partial charge in [-0.3, -0.25) is 9.59 Å². The van der Waals surface area contributed by atoms with E-state index in [9.17, 15) is 19.8 Å². The third-order valence-electron chi connectivity index (χ3n) is 13.8. The van der Waals surface area contributed by atoms with Crippen molar-refractivity contribution in [3.8, 4) is 0 Å². The molecule has 0 saturated carbocycles. The highest BCUT2D eigenvalue weighted by Gasteiger charge is 2.18. The number of rotatable bonds is 56. The Kier molecular flexibility index (Phi) is 56.5. The Morgan fingerprint density at radius 1 is 0.406 bits per heavy atom. The molecule has 69 heavy (non-hydrogen) atoms. The number of allylic oxidation sites excluding steroid dienone is 7. The molecule has 0 aliphatic heterocycles. The predicted molar refractivity (Wildman–Crippen MR) is 301 cm³/mol. The quantitative estimate of drug-likeness (QED) is 0.0321. The number of unbranched alkanes of at least 4 members (excludes halogenated alkanes) is 39. The van der Waals surface area contributed by atoms with Gasteiger partial charge in [0.1, 0.15) is 0 Å². The van der Waals surface area contributed by atoms with Crippen LogP contribution in [0.1, 0.15) is 316 Å². The van der Waals surface area contributed by atoms with Gasteiger partial charge in [0.2, 0.25) is 5.91 Å². The minimum Gasteiger partial charge on any atom is -0.466 e.